The van der Waals surface area contributed by atoms with E-state index < -0.39 is 6.10 Å². The van der Waals surface area contributed by atoms with Gasteiger partial charge in [0.25, 0.3) is 0 Å². The number of rotatable bonds is 37. The first kappa shape index (κ1) is 51.3. The van der Waals surface area contributed by atoms with E-state index in [1.54, 1.807) is 0 Å². The Hall–Kier alpha value is -3.70. The molecule has 0 aliphatic rings. The number of carbonyl (C=O) groups is 2. The van der Waals surface area contributed by atoms with Crippen LogP contribution in [-0.2, 0) is 19.1 Å². The number of allylic oxidation sites excluding steroid dienone is 20. The van der Waals surface area contributed by atoms with Gasteiger partial charge < -0.3 is 14.6 Å². The van der Waals surface area contributed by atoms with E-state index in [-0.39, 0.29) is 25.2 Å². The average Bonchev–Trinajstić information content (AvgIpc) is 3.19. The monoisotopic (exact) mass is 759 g/mol. The fraction of sp³-hybridized carbons (Fsp3) is 0.560. The third kappa shape index (κ3) is 42.9. The van der Waals surface area contributed by atoms with E-state index in [4.69, 9.17) is 9.47 Å². The maximum atomic E-state index is 12.2. The van der Waals surface area contributed by atoms with E-state index in [1.165, 1.54) is 19.3 Å². The number of aliphatic hydroxyl groups is 1. The molecule has 0 saturated carbocycles. The Morgan fingerprint density at radius 2 is 0.782 bits per heavy atom. The summed E-state index contributed by atoms with van der Waals surface area (Å²) in [5.74, 6) is -0.656. The second-order valence-electron chi connectivity index (χ2n) is 13.7. The van der Waals surface area contributed by atoms with Crippen LogP contribution in [-0.4, -0.2) is 36.4 Å². The Bertz CT molecular complexity index is 1180. The molecule has 55 heavy (non-hydrogen) atoms. The van der Waals surface area contributed by atoms with Gasteiger partial charge in [0, 0.05) is 12.8 Å². The molecule has 0 spiro atoms. The number of ether oxygens (including phenoxy) is 2. The minimum atomic E-state index is -0.800. The standard InChI is InChI=1S/C50H78O5/c1-3-5-7-9-11-13-15-16-17-18-19-20-21-22-23-24-25-26-27-28-29-30-31-32-33-34-35-37-39-41-43-45-50(53)55-48(46-51)47-54-49(52)44-42-40-38-36-14-12-10-8-6-4-2/h5,7-8,10-11,13,16-17,19-20,22-23,25-26,28-29,31-32,34-35,48,51H,3-4,6,9,12,14-15,18,21,24,27,30,33,36-47H2,1-2H3/b7-5-,10-8-,13-11-,17-16-,20-19-,23-22-,26-25-,29-28-,32-31-,35-34-. The van der Waals surface area contributed by atoms with E-state index in [0.717, 1.165) is 116 Å². The zero-order chi connectivity index (χ0) is 40.0. The fourth-order valence-corrected chi connectivity index (χ4v) is 5.25. The second-order valence-corrected chi connectivity index (χ2v) is 13.7. The molecule has 0 aliphatic carbocycles. The van der Waals surface area contributed by atoms with Crippen LogP contribution >= 0.6 is 0 Å². The number of unbranched alkanes of at least 4 members (excludes halogenated alkanes) is 9. The Morgan fingerprint density at radius 1 is 0.436 bits per heavy atom. The zero-order valence-electron chi connectivity index (χ0n) is 34.9. The highest BCUT2D eigenvalue weighted by atomic mass is 16.6. The first-order valence-electron chi connectivity index (χ1n) is 21.6. The minimum absolute atomic E-state index is 0.0922. The topological polar surface area (TPSA) is 72.8 Å². The van der Waals surface area contributed by atoms with Crippen LogP contribution in [0.4, 0.5) is 0 Å². The quantitative estimate of drug-likeness (QED) is 0.0388. The lowest BCUT2D eigenvalue weighted by atomic mass is 10.1. The van der Waals surface area contributed by atoms with Gasteiger partial charge in [-0.05, 0) is 103 Å². The van der Waals surface area contributed by atoms with E-state index in [9.17, 15) is 14.7 Å². The Morgan fingerprint density at radius 3 is 1.22 bits per heavy atom. The highest BCUT2D eigenvalue weighted by Gasteiger charge is 2.16. The molecule has 1 unspecified atom stereocenters. The van der Waals surface area contributed by atoms with Gasteiger partial charge in [-0.3, -0.25) is 9.59 Å². The van der Waals surface area contributed by atoms with Crippen molar-refractivity contribution in [3.8, 4) is 0 Å². The lowest BCUT2D eigenvalue weighted by Gasteiger charge is -2.15. The van der Waals surface area contributed by atoms with Gasteiger partial charge >= 0.3 is 11.9 Å². The smallest absolute Gasteiger partial charge is 0.306 e. The Labute approximate surface area is 337 Å². The van der Waals surface area contributed by atoms with Crippen LogP contribution in [0.1, 0.15) is 162 Å². The predicted molar refractivity (Wildman–Crippen MR) is 237 cm³/mol. The molecule has 5 nitrogen and oxygen atoms in total. The normalized spacial score (nSPS) is 13.4. The van der Waals surface area contributed by atoms with E-state index >= 15 is 0 Å². The van der Waals surface area contributed by atoms with Crippen molar-refractivity contribution in [3.05, 3.63) is 122 Å². The van der Waals surface area contributed by atoms with Crippen molar-refractivity contribution >= 4 is 11.9 Å². The van der Waals surface area contributed by atoms with Gasteiger partial charge in [0.2, 0.25) is 0 Å². The lowest BCUT2D eigenvalue weighted by molar-refractivity contribution is -0.161. The minimum Gasteiger partial charge on any atom is -0.462 e. The van der Waals surface area contributed by atoms with Crippen molar-refractivity contribution in [2.75, 3.05) is 13.2 Å². The summed E-state index contributed by atoms with van der Waals surface area (Å²) in [6, 6.07) is 0. The summed E-state index contributed by atoms with van der Waals surface area (Å²) >= 11 is 0. The number of hydrogen-bond donors (Lipinski definition) is 1. The summed E-state index contributed by atoms with van der Waals surface area (Å²) in [4.78, 5) is 24.2. The maximum Gasteiger partial charge on any atom is 0.306 e. The average molecular weight is 759 g/mol. The first-order chi connectivity index (χ1) is 27.1. The first-order valence-corrected chi connectivity index (χ1v) is 21.6. The second kappa shape index (κ2) is 44.7. The van der Waals surface area contributed by atoms with Crippen LogP contribution in [0, 0.1) is 0 Å². The van der Waals surface area contributed by atoms with E-state index in [1.807, 2.05) is 0 Å². The van der Waals surface area contributed by atoms with Crippen molar-refractivity contribution in [2.24, 2.45) is 0 Å². The molecule has 0 fully saturated rings. The molecule has 1 N–H and O–H groups in total. The molecule has 0 aromatic rings. The van der Waals surface area contributed by atoms with Crippen molar-refractivity contribution in [3.63, 3.8) is 0 Å². The van der Waals surface area contributed by atoms with Gasteiger partial charge in [-0.1, -0.05) is 167 Å². The van der Waals surface area contributed by atoms with Gasteiger partial charge in [-0.25, -0.2) is 0 Å². The van der Waals surface area contributed by atoms with Gasteiger partial charge in [0.05, 0.1) is 6.61 Å². The lowest BCUT2D eigenvalue weighted by Crippen LogP contribution is -2.28. The molecule has 1 atom stereocenters. The molecule has 0 aliphatic heterocycles. The molecular formula is C50H78O5. The SMILES string of the molecule is CC/C=C\C/C=C\C/C=C\C/C=C\C/C=C\C/C=C\C/C=C\C/C=C\C/C=C\CCCCCC(=O)OC(CO)COC(=O)CCCCCCC/C=C\CCC. The van der Waals surface area contributed by atoms with Crippen LogP contribution in [0.5, 0.6) is 0 Å². The molecule has 308 valence electrons. The Kier molecular flexibility index (Phi) is 41.7. The highest BCUT2D eigenvalue weighted by molar-refractivity contribution is 5.70. The van der Waals surface area contributed by atoms with Crippen molar-refractivity contribution in [2.45, 2.75) is 168 Å². The summed E-state index contributed by atoms with van der Waals surface area (Å²) < 4.78 is 10.6. The molecule has 0 aromatic heterocycles. The summed E-state index contributed by atoms with van der Waals surface area (Å²) in [5.41, 5.74) is 0. The number of aliphatic hydroxyl groups excluding tert-OH is 1. The summed E-state index contributed by atoms with van der Waals surface area (Å²) in [5, 5.41) is 9.54. The molecule has 0 amide bonds. The van der Waals surface area contributed by atoms with Crippen molar-refractivity contribution in [1.82, 2.24) is 0 Å². The molecule has 0 saturated heterocycles. The van der Waals surface area contributed by atoms with Gasteiger partial charge in [-0.2, -0.15) is 0 Å². The molecule has 0 radical (unpaired) electrons. The molecule has 0 bridgehead atoms. The van der Waals surface area contributed by atoms with Crippen LogP contribution in [0.2, 0.25) is 0 Å². The largest absolute Gasteiger partial charge is 0.462 e. The van der Waals surface area contributed by atoms with Gasteiger partial charge in [0.1, 0.15) is 6.61 Å². The molecule has 5 heteroatoms. The van der Waals surface area contributed by atoms with Crippen LogP contribution in [0.3, 0.4) is 0 Å². The summed E-state index contributed by atoms with van der Waals surface area (Å²) in [7, 11) is 0. The number of hydrogen-bond acceptors (Lipinski definition) is 5. The Balaban J connectivity index is 3.71. The van der Waals surface area contributed by atoms with E-state index in [0.29, 0.717) is 12.8 Å². The number of esters is 2. The number of carbonyl (C=O) groups excluding carboxylic acids is 2. The van der Waals surface area contributed by atoms with Gasteiger partial charge in [-0.15, -0.1) is 0 Å². The van der Waals surface area contributed by atoms with Crippen LogP contribution in [0.15, 0.2) is 122 Å². The van der Waals surface area contributed by atoms with Crippen LogP contribution in [0.25, 0.3) is 0 Å². The van der Waals surface area contributed by atoms with Crippen molar-refractivity contribution < 1.29 is 24.2 Å². The molecule has 0 heterocycles. The van der Waals surface area contributed by atoms with E-state index in [2.05, 4.69) is 135 Å². The summed E-state index contributed by atoms with van der Waals surface area (Å²) in [6.07, 6.45) is 65.6. The van der Waals surface area contributed by atoms with Crippen molar-refractivity contribution in [1.29, 1.82) is 0 Å². The molecule has 0 aromatic carbocycles. The maximum absolute atomic E-state index is 12.2. The molecular weight excluding hydrogens is 681 g/mol. The fourth-order valence-electron chi connectivity index (χ4n) is 5.25. The van der Waals surface area contributed by atoms with Gasteiger partial charge in [0.15, 0.2) is 6.10 Å². The summed E-state index contributed by atoms with van der Waals surface area (Å²) in [6.45, 7) is 3.90. The third-order valence-corrected chi connectivity index (χ3v) is 8.47. The molecule has 0 rings (SSSR count). The van der Waals surface area contributed by atoms with Crippen LogP contribution < -0.4 is 0 Å². The highest BCUT2D eigenvalue weighted by Crippen LogP contribution is 2.10. The predicted octanol–water partition coefficient (Wildman–Crippen LogP) is 14.0. The zero-order valence-corrected chi connectivity index (χ0v) is 34.9. The third-order valence-electron chi connectivity index (χ3n) is 8.47.